The number of benzene rings is 1. The Kier molecular flexibility index (Phi) is 8.69. The number of carbonyl (C=O) groups excluding carboxylic acids is 4. The highest BCUT2D eigenvalue weighted by Crippen LogP contribution is 2.41. The van der Waals surface area contributed by atoms with Gasteiger partial charge in [-0.15, -0.1) is 0 Å². The standard InChI is InChI=1S/C25H37N3O6/c1-14-9-15(2)11-18(10-14)21(22(30)26-13-20(29)33-8)28(19-12-16(19)3)23(31)17(4)27-24(32)34-25(5,6)7/h9-11,16-17,19,21H,12-13H2,1-8H3,(H,26,30)(H,27,32). The van der Waals surface area contributed by atoms with Crippen LogP contribution < -0.4 is 10.6 Å². The number of hydrogen-bond donors (Lipinski definition) is 2. The second-order valence-electron chi connectivity index (χ2n) is 10.0. The van der Waals surface area contributed by atoms with Crippen LogP contribution in [0.4, 0.5) is 4.79 Å². The third kappa shape index (κ3) is 7.46. The SMILES string of the molecule is COC(=O)CNC(=O)C(c1cc(C)cc(C)c1)N(C(=O)C(C)NC(=O)OC(C)(C)C)C1CC1C. The zero-order valence-electron chi connectivity index (χ0n) is 21.4. The third-order valence-electron chi connectivity index (χ3n) is 5.50. The van der Waals surface area contributed by atoms with Gasteiger partial charge in [0.15, 0.2) is 0 Å². The zero-order valence-corrected chi connectivity index (χ0v) is 21.4. The molecule has 0 heterocycles. The first-order chi connectivity index (χ1) is 15.7. The molecule has 0 aromatic heterocycles. The molecular formula is C25H37N3O6. The predicted molar refractivity (Wildman–Crippen MR) is 127 cm³/mol. The number of carbonyl (C=O) groups is 4. The van der Waals surface area contributed by atoms with E-state index in [1.54, 1.807) is 27.7 Å². The number of nitrogens with one attached hydrogen (secondary N) is 2. The molecule has 1 aromatic rings. The molecule has 9 heteroatoms. The number of amides is 3. The smallest absolute Gasteiger partial charge is 0.408 e. The van der Waals surface area contributed by atoms with Gasteiger partial charge in [0.2, 0.25) is 11.8 Å². The van der Waals surface area contributed by atoms with Crippen molar-refractivity contribution in [3.05, 3.63) is 34.9 Å². The lowest BCUT2D eigenvalue weighted by Gasteiger charge is -2.34. The molecule has 4 atom stereocenters. The van der Waals surface area contributed by atoms with Crippen molar-refractivity contribution in [2.75, 3.05) is 13.7 Å². The number of alkyl carbamates (subject to hydrolysis) is 1. The normalized spacial score (nSPS) is 18.8. The number of hydrogen-bond acceptors (Lipinski definition) is 6. The molecule has 1 aliphatic rings. The van der Waals surface area contributed by atoms with Gasteiger partial charge in [0.05, 0.1) is 7.11 Å². The molecule has 2 rings (SSSR count). The van der Waals surface area contributed by atoms with Crippen LogP contribution in [0.2, 0.25) is 0 Å². The highest BCUT2D eigenvalue weighted by molar-refractivity contribution is 5.93. The molecule has 188 valence electrons. The van der Waals surface area contributed by atoms with Crippen molar-refractivity contribution in [1.29, 1.82) is 0 Å². The van der Waals surface area contributed by atoms with Crippen molar-refractivity contribution in [2.45, 2.75) is 78.6 Å². The first-order valence-electron chi connectivity index (χ1n) is 11.5. The Balaban J connectivity index is 2.41. The summed E-state index contributed by atoms with van der Waals surface area (Å²) in [6.45, 7) is 12.3. The van der Waals surface area contributed by atoms with E-state index >= 15 is 0 Å². The molecule has 34 heavy (non-hydrogen) atoms. The fourth-order valence-electron chi connectivity index (χ4n) is 3.88. The van der Waals surface area contributed by atoms with Crippen LogP contribution in [0.15, 0.2) is 18.2 Å². The molecule has 1 aliphatic carbocycles. The Morgan fingerprint density at radius 3 is 2.15 bits per heavy atom. The Morgan fingerprint density at radius 1 is 1.12 bits per heavy atom. The number of esters is 1. The van der Waals surface area contributed by atoms with Gasteiger partial charge < -0.3 is 25.0 Å². The van der Waals surface area contributed by atoms with Crippen LogP contribution in [-0.4, -0.2) is 60.1 Å². The Bertz CT molecular complexity index is 919. The van der Waals surface area contributed by atoms with Crippen molar-refractivity contribution in [3.63, 3.8) is 0 Å². The second-order valence-corrected chi connectivity index (χ2v) is 10.0. The van der Waals surface area contributed by atoms with E-state index in [0.29, 0.717) is 5.56 Å². The minimum atomic E-state index is -0.978. The molecule has 9 nitrogen and oxygen atoms in total. The minimum Gasteiger partial charge on any atom is -0.468 e. The van der Waals surface area contributed by atoms with Crippen molar-refractivity contribution >= 4 is 23.9 Å². The molecule has 2 N–H and O–H groups in total. The fraction of sp³-hybridized carbons (Fsp3) is 0.600. The molecule has 0 saturated heterocycles. The van der Waals surface area contributed by atoms with Crippen LogP contribution in [0.5, 0.6) is 0 Å². The van der Waals surface area contributed by atoms with E-state index in [9.17, 15) is 19.2 Å². The van der Waals surface area contributed by atoms with Crippen LogP contribution >= 0.6 is 0 Å². The lowest BCUT2D eigenvalue weighted by atomic mass is 9.98. The van der Waals surface area contributed by atoms with E-state index in [1.807, 2.05) is 39.0 Å². The largest absolute Gasteiger partial charge is 0.468 e. The molecule has 1 fully saturated rings. The average Bonchev–Trinajstić information content (AvgIpc) is 3.42. The van der Waals surface area contributed by atoms with E-state index in [-0.39, 0.29) is 18.5 Å². The molecule has 1 saturated carbocycles. The number of methoxy groups -OCH3 is 1. The quantitative estimate of drug-likeness (QED) is 0.559. The molecule has 0 aliphatic heterocycles. The van der Waals surface area contributed by atoms with Crippen LogP contribution in [0.25, 0.3) is 0 Å². The number of aryl methyl sites for hydroxylation is 2. The topological polar surface area (TPSA) is 114 Å². The van der Waals surface area contributed by atoms with E-state index < -0.39 is 41.6 Å². The summed E-state index contributed by atoms with van der Waals surface area (Å²) in [4.78, 5) is 52.5. The maximum Gasteiger partial charge on any atom is 0.408 e. The Labute approximate surface area is 201 Å². The lowest BCUT2D eigenvalue weighted by molar-refractivity contribution is -0.145. The van der Waals surface area contributed by atoms with Crippen molar-refractivity contribution < 1.29 is 28.7 Å². The molecule has 4 unspecified atom stereocenters. The number of ether oxygens (including phenoxy) is 2. The van der Waals surface area contributed by atoms with Gasteiger partial charge in [0, 0.05) is 6.04 Å². The van der Waals surface area contributed by atoms with Gasteiger partial charge in [-0.1, -0.05) is 36.2 Å². The molecule has 0 radical (unpaired) electrons. The maximum absolute atomic E-state index is 13.6. The van der Waals surface area contributed by atoms with Crippen molar-refractivity contribution in [2.24, 2.45) is 5.92 Å². The zero-order chi connectivity index (χ0) is 25.8. The van der Waals surface area contributed by atoms with E-state index in [2.05, 4.69) is 15.4 Å². The van der Waals surface area contributed by atoms with Crippen molar-refractivity contribution in [3.8, 4) is 0 Å². The highest BCUT2D eigenvalue weighted by atomic mass is 16.6. The Morgan fingerprint density at radius 2 is 1.68 bits per heavy atom. The summed E-state index contributed by atoms with van der Waals surface area (Å²) in [5, 5.41) is 5.18. The highest BCUT2D eigenvalue weighted by Gasteiger charge is 2.47. The van der Waals surface area contributed by atoms with Gasteiger partial charge >= 0.3 is 12.1 Å². The van der Waals surface area contributed by atoms with Gasteiger partial charge in [-0.25, -0.2) is 4.79 Å². The minimum absolute atomic E-state index is 0.176. The van der Waals surface area contributed by atoms with Crippen LogP contribution in [-0.2, 0) is 23.9 Å². The van der Waals surface area contributed by atoms with Gasteiger partial charge in [0.1, 0.15) is 24.2 Å². The first-order valence-corrected chi connectivity index (χ1v) is 11.5. The monoisotopic (exact) mass is 475 g/mol. The van der Waals surface area contributed by atoms with E-state index in [0.717, 1.165) is 17.5 Å². The summed E-state index contributed by atoms with van der Waals surface area (Å²) in [5.41, 5.74) is 1.80. The third-order valence-corrected chi connectivity index (χ3v) is 5.50. The summed E-state index contributed by atoms with van der Waals surface area (Å²) in [6, 6.07) is 3.61. The molecular weight excluding hydrogens is 438 g/mol. The predicted octanol–water partition coefficient (Wildman–Crippen LogP) is 2.78. The van der Waals surface area contributed by atoms with E-state index in [1.165, 1.54) is 12.0 Å². The van der Waals surface area contributed by atoms with Crippen LogP contribution in [0, 0.1) is 19.8 Å². The molecule has 0 spiro atoms. The van der Waals surface area contributed by atoms with Gasteiger partial charge in [-0.05, 0) is 59.4 Å². The number of nitrogens with zero attached hydrogens (tertiary/aromatic N) is 1. The summed E-state index contributed by atoms with van der Waals surface area (Å²) in [5.74, 6) is -1.30. The molecule has 3 amide bonds. The molecule has 0 bridgehead atoms. The second kappa shape index (κ2) is 10.9. The average molecular weight is 476 g/mol. The number of rotatable bonds is 8. The first kappa shape index (κ1) is 27.1. The molecule has 1 aromatic carbocycles. The van der Waals surface area contributed by atoms with Gasteiger partial charge in [0.25, 0.3) is 0 Å². The fourth-order valence-corrected chi connectivity index (χ4v) is 3.88. The summed E-state index contributed by atoms with van der Waals surface area (Å²) in [6.07, 6.45) is 0.0199. The van der Waals surface area contributed by atoms with Gasteiger partial charge in [-0.3, -0.25) is 14.4 Å². The van der Waals surface area contributed by atoms with E-state index in [4.69, 9.17) is 4.74 Å². The van der Waals surface area contributed by atoms with Crippen LogP contribution in [0.1, 0.15) is 63.8 Å². The van der Waals surface area contributed by atoms with Gasteiger partial charge in [-0.2, -0.15) is 0 Å². The van der Waals surface area contributed by atoms with Crippen molar-refractivity contribution in [1.82, 2.24) is 15.5 Å². The summed E-state index contributed by atoms with van der Waals surface area (Å²) >= 11 is 0. The summed E-state index contributed by atoms with van der Waals surface area (Å²) in [7, 11) is 1.24. The summed E-state index contributed by atoms with van der Waals surface area (Å²) < 4.78 is 9.92. The van der Waals surface area contributed by atoms with Crippen LogP contribution in [0.3, 0.4) is 0 Å². The Hall–Kier alpha value is -3.10. The maximum atomic E-state index is 13.6. The lowest BCUT2D eigenvalue weighted by Crippen LogP contribution is -2.53.